The van der Waals surface area contributed by atoms with E-state index in [0.29, 0.717) is 0 Å². The van der Waals surface area contributed by atoms with Crippen LogP contribution >= 0.6 is 0 Å². The van der Waals surface area contributed by atoms with E-state index in [9.17, 15) is 13.6 Å². The van der Waals surface area contributed by atoms with Crippen LogP contribution in [0.15, 0.2) is 0 Å². The molecule has 2 atom stereocenters. The summed E-state index contributed by atoms with van der Waals surface area (Å²) in [5.41, 5.74) is 0. The zero-order valence-corrected chi connectivity index (χ0v) is 8.43. The highest BCUT2D eigenvalue weighted by molar-refractivity contribution is 7.77. The fourth-order valence-corrected chi connectivity index (χ4v) is 2.17. The molecule has 0 amide bonds. The molecule has 0 saturated heterocycles. The summed E-state index contributed by atoms with van der Waals surface area (Å²) in [4.78, 5) is 11.5. The van der Waals surface area contributed by atoms with Gasteiger partial charge in [-0.25, -0.2) is 4.72 Å². The number of rotatable bonds is 4. The molecule has 0 aliphatic heterocycles. The largest absolute Gasteiger partial charge is 0.760 e. The van der Waals surface area contributed by atoms with Crippen molar-refractivity contribution in [1.82, 2.24) is 4.72 Å². The molecule has 1 N–H and O–H groups in total. The van der Waals surface area contributed by atoms with Crippen LogP contribution in [0.3, 0.4) is 0 Å². The minimum atomic E-state index is -2.34. The molecule has 0 radical (unpaired) electrons. The molecule has 0 heterocycles. The maximum Gasteiger partial charge on any atom is 0.153 e. The lowest BCUT2D eigenvalue weighted by atomic mass is 9.98. The van der Waals surface area contributed by atoms with E-state index in [1.807, 2.05) is 0 Å². The highest BCUT2D eigenvalue weighted by Crippen LogP contribution is 2.26. The molecule has 0 aromatic heterocycles. The SMILES string of the molecule is C[C@H](NS(=O)[O-])C(=O)C1CCCC1. The van der Waals surface area contributed by atoms with Gasteiger partial charge in [-0.05, 0) is 19.8 Å². The van der Waals surface area contributed by atoms with E-state index >= 15 is 0 Å². The van der Waals surface area contributed by atoms with Crippen LogP contribution in [-0.4, -0.2) is 20.6 Å². The zero-order chi connectivity index (χ0) is 9.84. The Morgan fingerprint density at radius 1 is 1.54 bits per heavy atom. The first-order chi connectivity index (χ1) is 6.11. The van der Waals surface area contributed by atoms with E-state index in [-0.39, 0.29) is 11.7 Å². The monoisotopic (exact) mass is 204 g/mol. The first-order valence-electron chi connectivity index (χ1n) is 4.50. The van der Waals surface area contributed by atoms with Crippen molar-refractivity contribution >= 4 is 17.0 Å². The number of ketones is 1. The average Bonchev–Trinajstić information content (AvgIpc) is 2.53. The van der Waals surface area contributed by atoms with Crippen molar-refractivity contribution in [2.45, 2.75) is 38.6 Å². The van der Waals surface area contributed by atoms with Crippen molar-refractivity contribution in [3.8, 4) is 0 Å². The van der Waals surface area contributed by atoms with Crippen molar-refractivity contribution in [3.63, 3.8) is 0 Å². The third kappa shape index (κ3) is 3.17. The predicted molar refractivity (Wildman–Crippen MR) is 48.5 cm³/mol. The zero-order valence-electron chi connectivity index (χ0n) is 7.62. The number of Topliss-reactive ketones (excluding diaryl/α,β-unsaturated/α-hetero) is 1. The molecule has 1 aliphatic carbocycles. The predicted octanol–water partition coefficient (Wildman–Crippen LogP) is 0.518. The van der Waals surface area contributed by atoms with Crippen LogP contribution in [-0.2, 0) is 16.1 Å². The molecule has 76 valence electrons. The van der Waals surface area contributed by atoms with Gasteiger partial charge in [0, 0.05) is 17.2 Å². The fraction of sp³-hybridized carbons (Fsp3) is 0.875. The second-order valence-electron chi connectivity index (χ2n) is 3.46. The van der Waals surface area contributed by atoms with Crippen LogP contribution in [0, 0.1) is 5.92 Å². The van der Waals surface area contributed by atoms with Gasteiger partial charge >= 0.3 is 0 Å². The number of carbonyl (C=O) groups excluding carboxylic acids is 1. The van der Waals surface area contributed by atoms with Gasteiger partial charge in [0.1, 0.15) is 0 Å². The lowest BCUT2D eigenvalue weighted by Crippen LogP contribution is -2.38. The van der Waals surface area contributed by atoms with Crippen molar-refractivity contribution in [3.05, 3.63) is 0 Å². The number of hydrogen-bond donors (Lipinski definition) is 1. The van der Waals surface area contributed by atoms with E-state index < -0.39 is 17.3 Å². The molecule has 0 aromatic rings. The Labute approximate surface area is 80.5 Å². The Morgan fingerprint density at radius 3 is 2.54 bits per heavy atom. The summed E-state index contributed by atoms with van der Waals surface area (Å²) in [6, 6.07) is -0.568. The topological polar surface area (TPSA) is 69.2 Å². The highest BCUT2D eigenvalue weighted by atomic mass is 32.2. The van der Waals surface area contributed by atoms with E-state index in [2.05, 4.69) is 4.72 Å². The van der Waals surface area contributed by atoms with Crippen LogP contribution in [0.2, 0.25) is 0 Å². The standard InChI is InChI=1S/C8H15NO3S/c1-6(9-13(11)12)8(10)7-4-2-3-5-7/h6-7,9H,2-5H2,1H3,(H,11,12)/p-1/t6-/m0/s1. The van der Waals surface area contributed by atoms with Gasteiger partial charge in [-0.15, -0.1) is 0 Å². The van der Waals surface area contributed by atoms with Crippen LogP contribution in [0.1, 0.15) is 32.6 Å². The first kappa shape index (κ1) is 10.8. The Hall–Kier alpha value is -0.260. The van der Waals surface area contributed by atoms with Gasteiger partial charge in [0.05, 0.1) is 6.04 Å². The van der Waals surface area contributed by atoms with E-state index in [1.165, 1.54) is 0 Å². The molecule has 1 saturated carbocycles. The minimum absolute atomic E-state index is 0.0294. The van der Waals surface area contributed by atoms with Crippen molar-refractivity contribution < 1.29 is 13.6 Å². The van der Waals surface area contributed by atoms with Gasteiger partial charge < -0.3 is 4.55 Å². The Morgan fingerprint density at radius 2 is 2.08 bits per heavy atom. The molecule has 13 heavy (non-hydrogen) atoms. The first-order valence-corrected chi connectivity index (χ1v) is 5.58. The number of carbonyl (C=O) groups is 1. The molecule has 0 bridgehead atoms. The third-order valence-electron chi connectivity index (χ3n) is 2.46. The maximum atomic E-state index is 11.5. The number of nitrogens with one attached hydrogen (secondary N) is 1. The van der Waals surface area contributed by atoms with Crippen LogP contribution in [0.4, 0.5) is 0 Å². The van der Waals surface area contributed by atoms with Gasteiger partial charge in [0.2, 0.25) is 0 Å². The van der Waals surface area contributed by atoms with Crippen molar-refractivity contribution in [2.24, 2.45) is 5.92 Å². The molecule has 1 fully saturated rings. The molecule has 1 aliphatic rings. The smallest absolute Gasteiger partial charge is 0.153 e. The molecular weight excluding hydrogens is 190 g/mol. The summed E-state index contributed by atoms with van der Waals surface area (Å²) in [6.45, 7) is 1.59. The van der Waals surface area contributed by atoms with Gasteiger partial charge in [-0.1, -0.05) is 12.8 Å². The summed E-state index contributed by atoms with van der Waals surface area (Å²) >= 11 is -2.34. The molecular formula is C8H14NO3S-. The average molecular weight is 204 g/mol. The summed E-state index contributed by atoms with van der Waals surface area (Å²) in [5.74, 6) is 0.104. The summed E-state index contributed by atoms with van der Waals surface area (Å²) in [7, 11) is 0. The van der Waals surface area contributed by atoms with Gasteiger partial charge in [-0.2, -0.15) is 0 Å². The van der Waals surface area contributed by atoms with E-state index in [0.717, 1.165) is 25.7 Å². The summed E-state index contributed by atoms with van der Waals surface area (Å²) < 4.78 is 22.7. The molecule has 1 unspecified atom stereocenters. The molecule has 5 heteroatoms. The number of hydrogen-bond acceptors (Lipinski definition) is 3. The second kappa shape index (κ2) is 4.83. The molecule has 0 aromatic carbocycles. The van der Waals surface area contributed by atoms with Crippen LogP contribution < -0.4 is 4.72 Å². The summed E-state index contributed by atoms with van der Waals surface area (Å²) in [6.07, 6.45) is 4.00. The second-order valence-corrected chi connectivity index (χ2v) is 4.16. The van der Waals surface area contributed by atoms with E-state index in [4.69, 9.17) is 0 Å². The van der Waals surface area contributed by atoms with Gasteiger partial charge in [0.15, 0.2) is 5.78 Å². The lowest BCUT2D eigenvalue weighted by molar-refractivity contribution is -0.123. The quantitative estimate of drug-likeness (QED) is 0.679. The molecule has 1 rings (SSSR count). The summed E-state index contributed by atoms with van der Waals surface area (Å²) in [5, 5.41) is 0. The molecule has 0 spiro atoms. The minimum Gasteiger partial charge on any atom is -0.760 e. The lowest BCUT2D eigenvalue weighted by Gasteiger charge is -2.17. The van der Waals surface area contributed by atoms with Gasteiger partial charge in [-0.3, -0.25) is 9.00 Å². The Bertz CT molecular complexity index is 213. The maximum absolute atomic E-state index is 11.5. The third-order valence-corrected chi connectivity index (χ3v) is 3.00. The van der Waals surface area contributed by atoms with Gasteiger partial charge in [0.25, 0.3) is 0 Å². The van der Waals surface area contributed by atoms with E-state index in [1.54, 1.807) is 6.92 Å². The Kier molecular flexibility index (Phi) is 4.02. The Balaban J connectivity index is 2.41. The molecule has 4 nitrogen and oxygen atoms in total. The fourth-order valence-electron chi connectivity index (χ4n) is 1.77. The van der Waals surface area contributed by atoms with Crippen molar-refractivity contribution in [1.29, 1.82) is 0 Å². The van der Waals surface area contributed by atoms with Crippen LogP contribution in [0.5, 0.6) is 0 Å². The highest BCUT2D eigenvalue weighted by Gasteiger charge is 2.26. The normalized spacial score (nSPS) is 22.9. The van der Waals surface area contributed by atoms with Crippen LogP contribution in [0.25, 0.3) is 0 Å². The van der Waals surface area contributed by atoms with Crippen molar-refractivity contribution in [2.75, 3.05) is 0 Å².